The molecule has 1 aliphatic heterocycles. The molecule has 1 aromatic rings. The average Bonchev–Trinajstić information content (AvgIpc) is 2.80. The fraction of sp³-hybridized carbons (Fsp3) is 0.500. The van der Waals surface area contributed by atoms with Crippen molar-refractivity contribution in [3.63, 3.8) is 0 Å². The Hall–Kier alpha value is -1.89. The monoisotopic (exact) mass is 339 g/mol. The van der Waals surface area contributed by atoms with E-state index < -0.39 is 33.9 Å². The highest BCUT2D eigenvalue weighted by Crippen LogP contribution is 2.27. The molecule has 0 saturated carbocycles. The van der Waals surface area contributed by atoms with E-state index in [1.165, 1.54) is 0 Å². The molecule has 1 aromatic carbocycles. The maximum Gasteiger partial charge on any atom is 0.338 e. The fourth-order valence-corrected chi connectivity index (χ4v) is 3.98. The Morgan fingerprint density at radius 1 is 1.35 bits per heavy atom. The van der Waals surface area contributed by atoms with E-state index in [1.807, 2.05) is 0 Å². The number of carbonyl (C=O) groups is 2. The van der Waals surface area contributed by atoms with Crippen molar-refractivity contribution in [2.75, 3.05) is 16.8 Å². The number of carboxylic acid groups (broad SMARTS) is 1. The highest BCUT2D eigenvalue weighted by atomic mass is 32.2. The SMILES string of the molecule is CC(C)(C)OC(=O)c1cccc(NC2(C(=O)O)CCS(=O)C2)c1. The van der Waals surface area contributed by atoms with E-state index in [4.69, 9.17) is 4.74 Å². The summed E-state index contributed by atoms with van der Waals surface area (Å²) in [5.74, 6) is -1.10. The summed E-state index contributed by atoms with van der Waals surface area (Å²) in [5, 5.41) is 12.4. The summed E-state index contributed by atoms with van der Waals surface area (Å²) in [6.07, 6.45) is 0.283. The first-order chi connectivity index (χ1) is 10.6. The quantitative estimate of drug-likeness (QED) is 0.816. The number of aliphatic carboxylic acids is 1. The minimum absolute atomic E-state index is 0.0546. The van der Waals surface area contributed by atoms with Gasteiger partial charge < -0.3 is 15.2 Å². The highest BCUT2D eigenvalue weighted by molar-refractivity contribution is 7.85. The third kappa shape index (κ3) is 4.31. The van der Waals surface area contributed by atoms with Gasteiger partial charge >= 0.3 is 11.9 Å². The van der Waals surface area contributed by atoms with Gasteiger partial charge in [0.05, 0.1) is 11.3 Å². The average molecular weight is 339 g/mol. The topological polar surface area (TPSA) is 92.7 Å². The molecule has 0 amide bonds. The number of esters is 1. The van der Waals surface area contributed by atoms with Crippen molar-refractivity contribution in [3.8, 4) is 0 Å². The van der Waals surface area contributed by atoms with Crippen LogP contribution in [0.4, 0.5) is 5.69 Å². The number of rotatable bonds is 4. The Bertz CT molecular complexity index is 652. The van der Waals surface area contributed by atoms with Crippen LogP contribution in [0.2, 0.25) is 0 Å². The first-order valence-electron chi connectivity index (χ1n) is 7.31. The fourth-order valence-electron chi connectivity index (χ4n) is 2.37. The van der Waals surface area contributed by atoms with Gasteiger partial charge in [0.15, 0.2) is 0 Å². The number of carboxylic acids is 1. The van der Waals surface area contributed by atoms with Crippen LogP contribution in [0.15, 0.2) is 24.3 Å². The first kappa shape index (κ1) is 17.5. The Labute approximate surface area is 137 Å². The van der Waals surface area contributed by atoms with Gasteiger partial charge in [0.2, 0.25) is 0 Å². The predicted molar refractivity (Wildman–Crippen MR) is 88.1 cm³/mol. The lowest BCUT2D eigenvalue weighted by Gasteiger charge is -2.26. The summed E-state index contributed by atoms with van der Waals surface area (Å²) in [6, 6.07) is 6.50. The summed E-state index contributed by atoms with van der Waals surface area (Å²) >= 11 is 0. The van der Waals surface area contributed by atoms with E-state index in [-0.39, 0.29) is 12.2 Å². The van der Waals surface area contributed by atoms with Crippen LogP contribution < -0.4 is 5.32 Å². The zero-order valence-corrected chi connectivity index (χ0v) is 14.2. The van der Waals surface area contributed by atoms with Crippen LogP contribution in [0, 0.1) is 0 Å². The number of nitrogens with one attached hydrogen (secondary N) is 1. The molecule has 2 N–H and O–H groups in total. The molecule has 7 heteroatoms. The normalized spacial score (nSPS) is 24.2. The Balaban J connectivity index is 2.21. The molecule has 1 aliphatic rings. The Morgan fingerprint density at radius 3 is 2.57 bits per heavy atom. The lowest BCUT2D eigenvalue weighted by molar-refractivity contribution is -0.141. The Morgan fingerprint density at radius 2 is 2.04 bits per heavy atom. The largest absolute Gasteiger partial charge is 0.479 e. The first-order valence-corrected chi connectivity index (χ1v) is 8.80. The van der Waals surface area contributed by atoms with Crippen LogP contribution in [0.3, 0.4) is 0 Å². The molecule has 0 spiro atoms. The van der Waals surface area contributed by atoms with Gasteiger partial charge in [-0.05, 0) is 45.4 Å². The molecule has 1 saturated heterocycles. The molecule has 2 unspecified atom stereocenters. The van der Waals surface area contributed by atoms with Crippen molar-refractivity contribution in [1.82, 2.24) is 0 Å². The number of carbonyl (C=O) groups excluding carboxylic acids is 1. The van der Waals surface area contributed by atoms with Gasteiger partial charge in [0, 0.05) is 22.2 Å². The summed E-state index contributed by atoms with van der Waals surface area (Å²) in [6.45, 7) is 5.33. The molecular formula is C16H21NO5S. The summed E-state index contributed by atoms with van der Waals surface area (Å²) in [5.41, 5.74) is -1.03. The minimum Gasteiger partial charge on any atom is -0.479 e. The van der Waals surface area contributed by atoms with E-state index in [1.54, 1.807) is 45.0 Å². The summed E-state index contributed by atoms with van der Waals surface area (Å²) in [7, 11) is -1.15. The second kappa shape index (κ2) is 6.31. The van der Waals surface area contributed by atoms with Crippen molar-refractivity contribution < 1.29 is 23.6 Å². The lowest BCUT2D eigenvalue weighted by atomic mass is 9.98. The predicted octanol–water partition coefficient (Wildman–Crippen LogP) is 2.03. The lowest BCUT2D eigenvalue weighted by Crippen LogP contribution is -2.47. The maximum absolute atomic E-state index is 12.1. The maximum atomic E-state index is 12.1. The van der Waals surface area contributed by atoms with Gasteiger partial charge in [-0.25, -0.2) is 9.59 Å². The molecule has 0 radical (unpaired) electrons. The van der Waals surface area contributed by atoms with E-state index in [0.717, 1.165) is 0 Å². The molecule has 126 valence electrons. The molecule has 0 bridgehead atoms. The van der Waals surface area contributed by atoms with Crippen LogP contribution in [-0.2, 0) is 20.3 Å². The van der Waals surface area contributed by atoms with Gasteiger partial charge in [-0.1, -0.05) is 6.07 Å². The van der Waals surface area contributed by atoms with Crippen LogP contribution >= 0.6 is 0 Å². The zero-order valence-electron chi connectivity index (χ0n) is 13.4. The molecule has 23 heavy (non-hydrogen) atoms. The number of hydrogen-bond donors (Lipinski definition) is 2. The molecule has 2 atom stereocenters. The van der Waals surface area contributed by atoms with Crippen molar-refractivity contribution in [3.05, 3.63) is 29.8 Å². The van der Waals surface area contributed by atoms with E-state index in [9.17, 15) is 18.9 Å². The van der Waals surface area contributed by atoms with Crippen LogP contribution in [0.1, 0.15) is 37.6 Å². The van der Waals surface area contributed by atoms with Crippen LogP contribution in [-0.4, -0.2) is 43.9 Å². The third-order valence-corrected chi connectivity index (χ3v) is 4.93. The van der Waals surface area contributed by atoms with Gasteiger partial charge in [-0.2, -0.15) is 0 Å². The molecule has 2 rings (SSSR count). The summed E-state index contributed by atoms with van der Waals surface area (Å²) < 4.78 is 16.9. The highest BCUT2D eigenvalue weighted by Gasteiger charge is 2.45. The smallest absolute Gasteiger partial charge is 0.338 e. The number of hydrogen-bond acceptors (Lipinski definition) is 5. The molecule has 0 aromatic heterocycles. The van der Waals surface area contributed by atoms with Crippen molar-refractivity contribution in [1.29, 1.82) is 0 Å². The molecular weight excluding hydrogens is 318 g/mol. The van der Waals surface area contributed by atoms with Crippen molar-refractivity contribution in [2.45, 2.75) is 38.3 Å². The van der Waals surface area contributed by atoms with E-state index in [0.29, 0.717) is 17.0 Å². The van der Waals surface area contributed by atoms with Gasteiger partial charge in [0.25, 0.3) is 0 Å². The molecule has 6 nitrogen and oxygen atoms in total. The number of ether oxygens (including phenoxy) is 1. The minimum atomic E-state index is -1.25. The van der Waals surface area contributed by atoms with Crippen molar-refractivity contribution in [2.24, 2.45) is 0 Å². The van der Waals surface area contributed by atoms with Crippen LogP contribution in [0.25, 0.3) is 0 Å². The molecule has 1 fully saturated rings. The van der Waals surface area contributed by atoms with Crippen LogP contribution in [0.5, 0.6) is 0 Å². The van der Waals surface area contributed by atoms with Gasteiger partial charge in [-0.15, -0.1) is 0 Å². The second-order valence-electron chi connectivity index (χ2n) is 6.63. The van der Waals surface area contributed by atoms with E-state index >= 15 is 0 Å². The Kier molecular flexibility index (Phi) is 4.79. The standard InChI is InChI=1S/C16H21NO5S/c1-15(2,3)22-13(18)11-5-4-6-12(9-11)17-16(14(19)20)7-8-23(21)10-16/h4-6,9,17H,7-8,10H2,1-3H3,(H,19,20). The van der Waals surface area contributed by atoms with Gasteiger partial charge in [0.1, 0.15) is 11.1 Å². The van der Waals surface area contributed by atoms with E-state index in [2.05, 4.69) is 5.32 Å². The van der Waals surface area contributed by atoms with Crippen molar-refractivity contribution >= 4 is 28.4 Å². The molecule has 0 aliphatic carbocycles. The molecule has 1 heterocycles. The summed E-state index contributed by atoms with van der Waals surface area (Å²) in [4.78, 5) is 23.7. The second-order valence-corrected chi connectivity index (χ2v) is 8.21. The van der Waals surface area contributed by atoms with Gasteiger partial charge in [-0.3, -0.25) is 4.21 Å². The zero-order chi connectivity index (χ0) is 17.3. The number of anilines is 1. The number of benzene rings is 1. The third-order valence-electron chi connectivity index (χ3n) is 3.45.